The largest absolute Gasteiger partial charge is 0.377 e. The van der Waals surface area contributed by atoms with Crippen molar-refractivity contribution in [2.24, 2.45) is 0 Å². The predicted molar refractivity (Wildman–Crippen MR) is 46.5 cm³/mol. The van der Waals surface area contributed by atoms with Crippen LogP contribution in [0.1, 0.15) is 24.2 Å². The van der Waals surface area contributed by atoms with E-state index < -0.39 is 5.82 Å². The monoisotopic (exact) mass is 179 g/mol. The summed E-state index contributed by atoms with van der Waals surface area (Å²) in [5, 5.41) is 8.48. The number of hydrogen-bond donors (Lipinski definition) is 0. The molecule has 0 saturated heterocycles. The van der Waals surface area contributed by atoms with Gasteiger partial charge in [0.15, 0.2) is 0 Å². The maximum Gasteiger partial charge on any atom is 0.141 e. The molecule has 0 aromatic heterocycles. The van der Waals surface area contributed by atoms with Gasteiger partial charge in [0, 0.05) is 7.11 Å². The molecule has 1 atom stereocenters. The number of halogens is 1. The van der Waals surface area contributed by atoms with Crippen molar-refractivity contribution in [3.8, 4) is 6.07 Å². The lowest BCUT2D eigenvalue weighted by atomic mass is 10.1. The van der Waals surface area contributed by atoms with Gasteiger partial charge in [-0.05, 0) is 24.6 Å². The predicted octanol–water partition coefficient (Wildman–Crippen LogP) is 2.40. The van der Waals surface area contributed by atoms with E-state index in [0.717, 1.165) is 5.56 Å². The second-order valence-electron chi connectivity index (χ2n) is 2.73. The Morgan fingerprint density at radius 1 is 1.54 bits per heavy atom. The normalized spacial score (nSPS) is 12.2. The molecule has 1 unspecified atom stereocenters. The Morgan fingerprint density at radius 3 is 2.69 bits per heavy atom. The molecule has 0 fully saturated rings. The molecule has 3 heteroatoms. The van der Waals surface area contributed by atoms with Gasteiger partial charge in [0.05, 0.1) is 11.7 Å². The number of benzene rings is 1. The smallest absolute Gasteiger partial charge is 0.141 e. The van der Waals surface area contributed by atoms with Gasteiger partial charge in [0.1, 0.15) is 11.9 Å². The Balaban J connectivity index is 3.04. The first-order valence-corrected chi connectivity index (χ1v) is 3.91. The Bertz CT molecular complexity index is 343. The van der Waals surface area contributed by atoms with Gasteiger partial charge >= 0.3 is 0 Å². The van der Waals surface area contributed by atoms with E-state index in [4.69, 9.17) is 10.00 Å². The fourth-order valence-electron chi connectivity index (χ4n) is 1.01. The van der Waals surface area contributed by atoms with Gasteiger partial charge in [0.25, 0.3) is 0 Å². The first kappa shape index (κ1) is 9.69. The number of nitrogens with zero attached hydrogens (tertiary/aromatic N) is 1. The minimum Gasteiger partial charge on any atom is -0.377 e. The molecule has 1 aromatic rings. The first-order chi connectivity index (χ1) is 6.19. The third-order valence-corrected chi connectivity index (χ3v) is 1.94. The molecule has 0 aliphatic heterocycles. The van der Waals surface area contributed by atoms with Crippen LogP contribution in [0, 0.1) is 17.1 Å². The molecular formula is C10H10FNO. The average molecular weight is 179 g/mol. The topological polar surface area (TPSA) is 33.0 Å². The van der Waals surface area contributed by atoms with Crippen molar-refractivity contribution in [3.63, 3.8) is 0 Å². The quantitative estimate of drug-likeness (QED) is 0.698. The minimum absolute atomic E-state index is 0.0621. The number of rotatable bonds is 2. The lowest BCUT2D eigenvalue weighted by Crippen LogP contribution is -1.97. The van der Waals surface area contributed by atoms with Crippen molar-refractivity contribution < 1.29 is 9.13 Å². The Labute approximate surface area is 76.6 Å². The molecule has 0 radical (unpaired) electrons. The molecule has 0 spiro atoms. The molecular weight excluding hydrogens is 169 g/mol. The molecule has 0 N–H and O–H groups in total. The highest BCUT2D eigenvalue weighted by molar-refractivity contribution is 5.34. The highest BCUT2D eigenvalue weighted by Gasteiger charge is 2.07. The fourth-order valence-corrected chi connectivity index (χ4v) is 1.01. The molecule has 0 aliphatic rings. The summed E-state index contributed by atoms with van der Waals surface area (Å²) >= 11 is 0. The van der Waals surface area contributed by atoms with E-state index in [0.29, 0.717) is 0 Å². The van der Waals surface area contributed by atoms with Gasteiger partial charge < -0.3 is 4.74 Å². The van der Waals surface area contributed by atoms with Crippen LogP contribution < -0.4 is 0 Å². The fraction of sp³-hybridized carbons (Fsp3) is 0.300. The summed E-state index contributed by atoms with van der Waals surface area (Å²) in [6, 6.07) is 6.24. The maximum absolute atomic E-state index is 13.1. The average Bonchev–Trinajstić information content (AvgIpc) is 2.16. The number of ether oxygens (including phenoxy) is 1. The van der Waals surface area contributed by atoms with E-state index in [2.05, 4.69) is 0 Å². The molecule has 0 amide bonds. The molecule has 1 aromatic carbocycles. The van der Waals surface area contributed by atoms with Gasteiger partial charge in [-0.15, -0.1) is 0 Å². The van der Waals surface area contributed by atoms with Crippen LogP contribution in [0.15, 0.2) is 18.2 Å². The molecule has 0 heterocycles. The Kier molecular flexibility index (Phi) is 2.99. The van der Waals surface area contributed by atoms with Gasteiger partial charge in [0.2, 0.25) is 0 Å². The van der Waals surface area contributed by atoms with Crippen molar-refractivity contribution >= 4 is 0 Å². The van der Waals surface area contributed by atoms with E-state index in [1.54, 1.807) is 19.2 Å². The highest BCUT2D eigenvalue weighted by Crippen LogP contribution is 2.18. The van der Waals surface area contributed by atoms with E-state index >= 15 is 0 Å². The second-order valence-corrected chi connectivity index (χ2v) is 2.73. The summed E-state index contributed by atoms with van der Waals surface area (Å²) in [5.74, 6) is -0.496. The Hall–Kier alpha value is -1.40. The highest BCUT2D eigenvalue weighted by atomic mass is 19.1. The summed E-state index contributed by atoms with van der Waals surface area (Å²) < 4.78 is 18.1. The summed E-state index contributed by atoms with van der Waals surface area (Å²) in [5.41, 5.74) is 0.797. The zero-order chi connectivity index (χ0) is 9.84. The Morgan fingerprint density at radius 2 is 2.23 bits per heavy atom. The molecule has 1 rings (SSSR count). The number of methoxy groups -OCH3 is 1. The molecule has 2 nitrogen and oxygen atoms in total. The third-order valence-electron chi connectivity index (χ3n) is 1.94. The van der Waals surface area contributed by atoms with Gasteiger partial charge in [-0.1, -0.05) is 6.07 Å². The second kappa shape index (κ2) is 4.01. The lowest BCUT2D eigenvalue weighted by Gasteiger charge is -2.09. The first-order valence-electron chi connectivity index (χ1n) is 3.91. The van der Waals surface area contributed by atoms with Crippen LogP contribution >= 0.6 is 0 Å². The standard InChI is InChI=1S/C10H10FNO/c1-7(13-2)8-3-4-9(6-12)10(11)5-8/h3-5,7H,1-2H3. The zero-order valence-electron chi connectivity index (χ0n) is 7.54. The van der Waals surface area contributed by atoms with Gasteiger partial charge in [-0.3, -0.25) is 0 Å². The van der Waals surface area contributed by atoms with Crippen molar-refractivity contribution in [1.82, 2.24) is 0 Å². The molecule has 68 valence electrons. The number of nitriles is 1. The van der Waals surface area contributed by atoms with Crippen molar-refractivity contribution in [1.29, 1.82) is 5.26 Å². The molecule has 0 bridgehead atoms. The van der Waals surface area contributed by atoms with Crippen molar-refractivity contribution in [2.45, 2.75) is 13.0 Å². The van der Waals surface area contributed by atoms with Crippen LogP contribution in [0.25, 0.3) is 0 Å². The summed E-state index contributed by atoms with van der Waals surface area (Å²) in [7, 11) is 1.56. The molecule has 13 heavy (non-hydrogen) atoms. The van der Waals surface area contributed by atoms with Crippen LogP contribution in [-0.2, 0) is 4.74 Å². The SMILES string of the molecule is COC(C)c1ccc(C#N)c(F)c1. The van der Waals surface area contributed by atoms with Crippen molar-refractivity contribution in [2.75, 3.05) is 7.11 Å². The summed E-state index contributed by atoms with van der Waals surface area (Å²) in [6.07, 6.45) is -0.151. The van der Waals surface area contributed by atoms with Crippen LogP contribution in [0.3, 0.4) is 0 Å². The maximum atomic E-state index is 13.1. The summed E-state index contributed by atoms with van der Waals surface area (Å²) in [4.78, 5) is 0. The van der Waals surface area contributed by atoms with E-state index in [9.17, 15) is 4.39 Å². The minimum atomic E-state index is -0.496. The van der Waals surface area contributed by atoms with Crippen LogP contribution in [0.2, 0.25) is 0 Å². The zero-order valence-corrected chi connectivity index (χ0v) is 7.54. The van der Waals surface area contributed by atoms with Crippen LogP contribution in [0.4, 0.5) is 4.39 Å². The van der Waals surface area contributed by atoms with E-state index in [1.807, 2.05) is 6.92 Å². The van der Waals surface area contributed by atoms with Crippen LogP contribution in [-0.4, -0.2) is 7.11 Å². The summed E-state index contributed by atoms with van der Waals surface area (Å²) in [6.45, 7) is 1.82. The van der Waals surface area contributed by atoms with E-state index in [1.165, 1.54) is 12.1 Å². The molecule has 0 saturated carbocycles. The lowest BCUT2D eigenvalue weighted by molar-refractivity contribution is 0.119. The van der Waals surface area contributed by atoms with Gasteiger partial charge in [-0.2, -0.15) is 5.26 Å². The van der Waals surface area contributed by atoms with Gasteiger partial charge in [-0.25, -0.2) is 4.39 Å². The van der Waals surface area contributed by atoms with E-state index in [-0.39, 0.29) is 11.7 Å². The molecule has 0 aliphatic carbocycles. The number of hydrogen-bond acceptors (Lipinski definition) is 2. The third kappa shape index (κ3) is 2.04. The van der Waals surface area contributed by atoms with Crippen LogP contribution in [0.5, 0.6) is 0 Å². The van der Waals surface area contributed by atoms with Crippen molar-refractivity contribution in [3.05, 3.63) is 35.1 Å².